The second kappa shape index (κ2) is 12.5. The lowest BCUT2D eigenvalue weighted by atomic mass is 10.0. The number of amides is 1. The van der Waals surface area contributed by atoms with E-state index in [9.17, 15) is 37.5 Å². The second-order valence-corrected chi connectivity index (χ2v) is 15.3. The summed E-state index contributed by atoms with van der Waals surface area (Å²) in [7, 11) is -4.07. The van der Waals surface area contributed by atoms with Crippen molar-refractivity contribution in [2.45, 2.75) is 78.5 Å². The van der Waals surface area contributed by atoms with E-state index in [0.29, 0.717) is 5.56 Å². The van der Waals surface area contributed by atoms with Crippen LogP contribution in [0.15, 0.2) is 30.3 Å². The average Bonchev–Trinajstić information content (AvgIpc) is 3.31. The number of nitrogens with two attached hydrogens (primary N) is 1. The van der Waals surface area contributed by atoms with Crippen molar-refractivity contribution in [2.75, 3.05) is 6.79 Å². The van der Waals surface area contributed by atoms with Crippen LogP contribution >= 0.6 is 11.8 Å². The molecule has 42 heavy (non-hydrogen) atoms. The van der Waals surface area contributed by atoms with Crippen molar-refractivity contribution < 1.29 is 52.1 Å². The minimum atomic E-state index is -4.07. The lowest BCUT2D eigenvalue weighted by molar-refractivity contribution is -0.170. The number of hydrogen-bond donors (Lipinski definition) is 6. The fraction of sp³-hybridized carbons (Fsp3) is 0.560. The molecule has 15 nitrogen and oxygen atoms in total. The van der Waals surface area contributed by atoms with Crippen LogP contribution in [0.1, 0.15) is 45.7 Å². The molecule has 17 heteroatoms. The maximum absolute atomic E-state index is 12.9. The van der Waals surface area contributed by atoms with Gasteiger partial charge in [0, 0.05) is 4.75 Å². The van der Waals surface area contributed by atoms with Crippen LogP contribution in [0.3, 0.4) is 0 Å². The number of esters is 2. The van der Waals surface area contributed by atoms with Crippen molar-refractivity contribution in [3.8, 4) is 0 Å². The molecule has 0 aromatic heterocycles. The Morgan fingerprint density at radius 1 is 1.00 bits per heavy atom. The third-order valence-electron chi connectivity index (χ3n) is 7.15. The van der Waals surface area contributed by atoms with Gasteiger partial charge in [0.15, 0.2) is 15.9 Å². The molecule has 0 spiro atoms. The number of carbonyl (C=O) groups excluding carboxylic acids is 3. The van der Waals surface area contributed by atoms with Gasteiger partial charge in [-0.2, -0.15) is 0 Å². The van der Waals surface area contributed by atoms with Crippen LogP contribution < -0.4 is 21.7 Å². The predicted octanol–water partition coefficient (Wildman–Crippen LogP) is -0.925. The first kappa shape index (κ1) is 33.3. The number of rotatable bonds is 11. The number of carboxylic acids is 2. The van der Waals surface area contributed by atoms with Gasteiger partial charge in [0.05, 0.1) is 16.5 Å². The smallest absolute Gasteiger partial charge is 0.328 e. The number of nitrogens with one attached hydrogen (secondary N) is 3. The van der Waals surface area contributed by atoms with Crippen LogP contribution in [-0.2, 0) is 43.3 Å². The van der Waals surface area contributed by atoms with Gasteiger partial charge in [0.2, 0.25) is 12.7 Å². The topological polar surface area (TPSA) is 241 Å². The molecule has 2 fully saturated rings. The average molecular weight is 631 g/mol. The Morgan fingerprint density at radius 2 is 1.57 bits per heavy atom. The SMILES string of the molecule is CC1(C)SC(C(NC(=O)[C@H](N)c2ccccc2)C(=O)O)N[C@H]1C(=O)OCOC(=O)[C@@H]1N[C@@H](CC(=O)O)S(=O)(=O)C1(C)C. The minimum absolute atomic E-state index is 0.480. The summed E-state index contributed by atoms with van der Waals surface area (Å²) in [6.45, 7) is 4.92. The highest BCUT2D eigenvalue weighted by molar-refractivity contribution is 8.01. The highest BCUT2D eigenvalue weighted by atomic mass is 32.2. The van der Waals surface area contributed by atoms with E-state index in [0.717, 1.165) is 11.8 Å². The monoisotopic (exact) mass is 630 g/mol. The molecule has 0 bridgehead atoms. The number of carbonyl (C=O) groups is 5. The number of carboxylic acid groups (broad SMARTS) is 2. The second-order valence-electron chi connectivity index (χ2n) is 10.8. The molecule has 2 saturated heterocycles. The van der Waals surface area contributed by atoms with E-state index in [4.69, 9.17) is 20.3 Å². The Morgan fingerprint density at radius 3 is 2.12 bits per heavy atom. The van der Waals surface area contributed by atoms with Gasteiger partial charge >= 0.3 is 23.9 Å². The van der Waals surface area contributed by atoms with Crippen LogP contribution in [0.2, 0.25) is 0 Å². The maximum Gasteiger partial charge on any atom is 0.328 e. The molecule has 6 atom stereocenters. The number of thioether (sulfide) groups is 1. The molecule has 1 aromatic rings. The van der Waals surface area contributed by atoms with Crippen LogP contribution in [0.4, 0.5) is 0 Å². The lowest BCUT2D eigenvalue weighted by Crippen LogP contribution is -2.55. The Bertz CT molecular complexity index is 1340. The summed E-state index contributed by atoms with van der Waals surface area (Å²) >= 11 is 1.07. The predicted molar refractivity (Wildman–Crippen MR) is 148 cm³/mol. The van der Waals surface area contributed by atoms with Crippen LogP contribution in [0.25, 0.3) is 0 Å². The van der Waals surface area contributed by atoms with Crippen molar-refractivity contribution >= 4 is 51.4 Å². The molecule has 0 radical (unpaired) electrons. The van der Waals surface area contributed by atoms with E-state index in [-0.39, 0.29) is 0 Å². The summed E-state index contributed by atoms with van der Waals surface area (Å²) in [5.74, 6) is -5.44. The van der Waals surface area contributed by atoms with E-state index >= 15 is 0 Å². The Balaban J connectivity index is 1.60. The minimum Gasteiger partial charge on any atom is -0.481 e. The van der Waals surface area contributed by atoms with Crippen LogP contribution in [-0.4, -0.2) is 93.6 Å². The summed E-state index contributed by atoms with van der Waals surface area (Å²) in [6.07, 6.45) is -0.762. The van der Waals surface area contributed by atoms with Gasteiger partial charge in [-0.15, -0.1) is 11.8 Å². The molecule has 2 aliphatic rings. The summed E-state index contributed by atoms with van der Waals surface area (Å²) in [4.78, 5) is 61.4. The first-order chi connectivity index (χ1) is 19.4. The van der Waals surface area contributed by atoms with Crippen molar-refractivity contribution in [1.29, 1.82) is 0 Å². The zero-order valence-electron chi connectivity index (χ0n) is 23.2. The van der Waals surface area contributed by atoms with Crippen molar-refractivity contribution in [3.05, 3.63) is 35.9 Å². The number of hydrogen-bond acceptors (Lipinski definition) is 13. The number of ether oxygens (including phenoxy) is 2. The molecule has 2 aliphatic heterocycles. The Labute approximate surface area is 246 Å². The third kappa shape index (κ3) is 6.86. The van der Waals surface area contributed by atoms with Gasteiger partial charge in [0.25, 0.3) is 0 Å². The fourth-order valence-corrected chi connectivity index (χ4v) is 8.01. The van der Waals surface area contributed by atoms with Crippen LogP contribution in [0.5, 0.6) is 0 Å². The summed E-state index contributed by atoms with van der Waals surface area (Å²) < 4.78 is 32.8. The fourth-order valence-electron chi connectivity index (χ4n) is 4.63. The van der Waals surface area contributed by atoms with Gasteiger partial charge in [-0.3, -0.25) is 29.8 Å². The molecule has 7 N–H and O–H groups in total. The first-order valence-corrected chi connectivity index (χ1v) is 15.1. The standard InChI is InChI=1S/C25H34N4O11S2/c1-24(2)17(29-20(41-24)16(21(33)34)28-19(32)15(26)12-8-6-5-7-9-12)22(35)39-11-40-23(36)18-25(3,4)42(37,38)13(27-18)10-14(30)31/h5-9,13,15-18,20,27,29H,10-11,26H2,1-4H3,(H,28,32)(H,30,31)(H,33,34)/t13-,15-,16?,17+,18+,20?/m1/s1. The van der Waals surface area contributed by atoms with Gasteiger partial charge in [-0.25, -0.2) is 13.2 Å². The molecule has 1 amide bonds. The van der Waals surface area contributed by atoms with E-state index in [1.54, 1.807) is 44.2 Å². The summed E-state index contributed by atoms with van der Waals surface area (Å²) in [5, 5.41) is 24.1. The molecule has 2 unspecified atom stereocenters. The molecular formula is C25H34N4O11S2. The van der Waals surface area contributed by atoms with E-state index in [1.165, 1.54) is 13.8 Å². The molecule has 0 saturated carbocycles. The van der Waals surface area contributed by atoms with Crippen molar-refractivity contribution in [1.82, 2.24) is 16.0 Å². The lowest BCUT2D eigenvalue weighted by Gasteiger charge is -2.24. The highest BCUT2D eigenvalue weighted by Crippen LogP contribution is 2.40. The Hall–Kier alpha value is -3.25. The summed E-state index contributed by atoms with van der Waals surface area (Å²) in [6, 6.07) is 3.26. The van der Waals surface area contributed by atoms with E-state index in [2.05, 4.69) is 16.0 Å². The van der Waals surface area contributed by atoms with Crippen molar-refractivity contribution in [2.24, 2.45) is 5.73 Å². The Kier molecular flexibility index (Phi) is 9.93. The quantitative estimate of drug-likeness (QED) is 0.128. The summed E-state index contributed by atoms with van der Waals surface area (Å²) in [5.41, 5.74) is 6.47. The number of aliphatic carboxylic acids is 2. The normalized spacial score (nSPS) is 26.9. The highest BCUT2D eigenvalue weighted by Gasteiger charge is 2.58. The maximum atomic E-state index is 12.9. The van der Waals surface area contributed by atoms with Gasteiger partial charge < -0.3 is 30.7 Å². The molecule has 1 aromatic carbocycles. The first-order valence-electron chi connectivity index (χ1n) is 12.7. The molecule has 3 rings (SSSR count). The molecule has 2 heterocycles. The molecule has 232 valence electrons. The zero-order valence-corrected chi connectivity index (χ0v) is 24.9. The number of sulfone groups is 1. The number of benzene rings is 1. The third-order valence-corrected chi connectivity index (χ3v) is 11.4. The molecule has 0 aliphatic carbocycles. The van der Waals surface area contributed by atoms with E-state index in [1.807, 2.05) is 0 Å². The van der Waals surface area contributed by atoms with Gasteiger partial charge in [0.1, 0.15) is 23.5 Å². The van der Waals surface area contributed by atoms with Gasteiger partial charge in [-0.1, -0.05) is 30.3 Å². The zero-order chi connectivity index (χ0) is 31.6. The van der Waals surface area contributed by atoms with Gasteiger partial charge in [-0.05, 0) is 33.3 Å². The largest absolute Gasteiger partial charge is 0.481 e. The molecular weight excluding hydrogens is 596 g/mol. The van der Waals surface area contributed by atoms with Crippen LogP contribution in [0, 0.1) is 0 Å². The van der Waals surface area contributed by atoms with Crippen molar-refractivity contribution in [3.63, 3.8) is 0 Å². The van der Waals surface area contributed by atoms with E-state index < -0.39 is 97.2 Å².